The molecular formula is C11H20N4. The SMILES string of the molecule is CC1CCCCC1N(C)c1cn[nH]c1N. The van der Waals surface area contributed by atoms with Crippen molar-refractivity contribution in [2.75, 3.05) is 17.7 Å². The van der Waals surface area contributed by atoms with E-state index in [2.05, 4.69) is 29.1 Å². The van der Waals surface area contributed by atoms with Crippen molar-refractivity contribution in [2.45, 2.75) is 38.6 Å². The van der Waals surface area contributed by atoms with Gasteiger partial charge in [-0.3, -0.25) is 5.10 Å². The van der Waals surface area contributed by atoms with Crippen LogP contribution in [0.5, 0.6) is 0 Å². The molecule has 4 heteroatoms. The van der Waals surface area contributed by atoms with Crippen molar-refractivity contribution in [1.29, 1.82) is 0 Å². The van der Waals surface area contributed by atoms with Crippen molar-refractivity contribution >= 4 is 11.5 Å². The molecule has 1 heterocycles. The van der Waals surface area contributed by atoms with Gasteiger partial charge >= 0.3 is 0 Å². The largest absolute Gasteiger partial charge is 0.382 e. The van der Waals surface area contributed by atoms with Crippen LogP contribution in [0, 0.1) is 5.92 Å². The first-order chi connectivity index (χ1) is 7.20. The van der Waals surface area contributed by atoms with Gasteiger partial charge in [0.05, 0.1) is 11.9 Å². The van der Waals surface area contributed by atoms with Gasteiger partial charge in [-0.05, 0) is 18.8 Å². The fraction of sp³-hybridized carbons (Fsp3) is 0.727. The van der Waals surface area contributed by atoms with Gasteiger partial charge in [0.1, 0.15) is 5.82 Å². The first-order valence-electron chi connectivity index (χ1n) is 5.72. The van der Waals surface area contributed by atoms with Crippen molar-refractivity contribution < 1.29 is 0 Å². The maximum atomic E-state index is 5.83. The fourth-order valence-corrected chi connectivity index (χ4v) is 2.62. The number of aromatic amines is 1. The summed E-state index contributed by atoms with van der Waals surface area (Å²) in [5.41, 5.74) is 6.87. The Kier molecular flexibility index (Phi) is 2.84. The van der Waals surface area contributed by atoms with Gasteiger partial charge in [0.2, 0.25) is 0 Å². The zero-order chi connectivity index (χ0) is 10.8. The number of H-pyrrole nitrogens is 1. The number of aromatic nitrogens is 2. The molecule has 1 aromatic heterocycles. The van der Waals surface area contributed by atoms with Crippen LogP contribution in [-0.4, -0.2) is 23.3 Å². The summed E-state index contributed by atoms with van der Waals surface area (Å²) in [7, 11) is 2.12. The third-order valence-electron chi connectivity index (χ3n) is 3.59. The van der Waals surface area contributed by atoms with Crippen LogP contribution in [0.1, 0.15) is 32.6 Å². The van der Waals surface area contributed by atoms with E-state index in [4.69, 9.17) is 5.73 Å². The lowest BCUT2D eigenvalue weighted by atomic mass is 9.85. The molecule has 2 unspecified atom stereocenters. The highest BCUT2D eigenvalue weighted by atomic mass is 15.2. The minimum absolute atomic E-state index is 0.610. The average Bonchev–Trinajstić information content (AvgIpc) is 2.64. The quantitative estimate of drug-likeness (QED) is 0.781. The molecule has 3 N–H and O–H groups in total. The molecule has 0 radical (unpaired) electrons. The van der Waals surface area contributed by atoms with Gasteiger partial charge < -0.3 is 10.6 Å². The number of hydrogen-bond donors (Lipinski definition) is 2. The Morgan fingerprint density at radius 1 is 1.47 bits per heavy atom. The topological polar surface area (TPSA) is 57.9 Å². The van der Waals surface area contributed by atoms with Crippen LogP contribution in [-0.2, 0) is 0 Å². The third-order valence-corrected chi connectivity index (χ3v) is 3.59. The number of hydrogen-bond acceptors (Lipinski definition) is 3. The predicted molar refractivity (Wildman–Crippen MR) is 62.8 cm³/mol. The minimum Gasteiger partial charge on any atom is -0.382 e. The molecule has 0 saturated heterocycles. The predicted octanol–water partition coefficient (Wildman–Crippen LogP) is 2.01. The number of nitrogen functional groups attached to an aromatic ring is 1. The van der Waals surface area contributed by atoms with Gasteiger partial charge in [-0.25, -0.2) is 0 Å². The Balaban J connectivity index is 2.13. The van der Waals surface area contributed by atoms with Crippen LogP contribution in [0.4, 0.5) is 11.5 Å². The molecule has 4 nitrogen and oxygen atoms in total. The lowest BCUT2D eigenvalue weighted by molar-refractivity contribution is 0.322. The Morgan fingerprint density at radius 2 is 2.20 bits per heavy atom. The van der Waals surface area contributed by atoms with Crippen LogP contribution in [0.15, 0.2) is 6.20 Å². The Labute approximate surface area is 90.8 Å². The van der Waals surface area contributed by atoms with Gasteiger partial charge in [0.25, 0.3) is 0 Å². The molecule has 0 aromatic carbocycles. The lowest BCUT2D eigenvalue weighted by Crippen LogP contribution is -2.39. The highest BCUT2D eigenvalue weighted by molar-refractivity contribution is 5.62. The van der Waals surface area contributed by atoms with E-state index in [1.807, 2.05) is 6.20 Å². The van der Waals surface area contributed by atoms with Gasteiger partial charge in [-0.2, -0.15) is 5.10 Å². The fourth-order valence-electron chi connectivity index (χ4n) is 2.62. The summed E-state index contributed by atoms with van der Waals surface area (Å²) in [5.74, 6) is 1.42. The van der Waals surface area contributed by atoms with Gasteiger partial charge in [0, 0.05) is 13.1 Å². The zero-order valence-electron chi connectivity index (χ0n) is 9.53. The van der Waals surface area contributed by atoms with E-state index in [9.17, 15) is 0 Å². The molecule has 84 valence electrons. The molecule has 15 heavy (non-hydrogen) atoms. The van der Waals surface area contributed by atoms with Gasteiger partial charge in [-0.1, -0.05) is 19.8 Å². The molecule has 0 aliphatic heterocycles. The number of anilines is 2. The molecule has 0 bridgehead atoms. The molecule has 1 aromatic rings. The standard InChI is InChI=1S/C11H20N4/c1-8-5-3-4-6-9(8)15(2)10-7-13-14-11(10)12/h7-9H,3-6H2,1-2H3,(H3,12,13,14). The smallest absolute Gasteiger partial charge is 0.142 e. The maximum absolute atomic E-state index is 5.83. The first kappa shape index (κ1) is 10.3. The third kappa shape index (κ3) is 1.94. The second-order valence-electron chi connectivity index (χ2n) is 4.61. The Morgan fingerprint density at radius 3 is 2.80 bits per heavy atom. The monoisotopic (exact) mass is 208 g/mol. The van der Waals surface area contributed by atoms with Gasteiger partial charge in [-0.15, -0.1) is 0 Å². The van der Waals surface area contributed by atoms with Crippen molar-refractivity contribution in [3.8, 4) is 0 Å². The van der Waals surface area contributed by atoms with E-state index >= 15 is 0 Å². The van der Waals surface area contributed by atoms with Crippen LogP contribution in [0.2, 0.25) is 0 Å². The Bertz CT molecular complexity index is 320. The molecule has 1 fully saturated rings. The van der Waals surface area contributed by atoms with Crippen LogP contribution < -0.4 is 10.6 Å². The molecule has 2 atom stereocenters. The minimum atomic E-state index is 0.610. The molecular weight excluding hydrogens is 188 g/mol. The number of nitrogens with one attached hydrogen (secondary N) is 1. The Hall–Kier alpha value is -1.19. The van der Waals surface area contributed by atoms with Crippen molar-refractivity contribution in [2.24, 2.45) is 5.92 Å². The second-order valence-corrected chi connectivity index (χ2v) is 4.61. The number of nitrogens with zero attached hydrogens (tertiary/aromatic N) is 2. The second kappa shape index (κ2) is 4.13. The summed E-state index contributed by atoms with van der Waals surface area (Å²) < 4.78 is 0. The van der Waals surface area contributed by atoms with Crippen LogP contribution in [0.25, 0.3) is 0 Å². The van der Waals surface area contributed by atoms with E-state index < -0.39 is 0 Å². The zero-order valence-corrected chi connectivity index (χ0v) is 9.53. The molecule has 1 saturated carbocycles. The van der Waals surface area contributed by atoms with E-state index in [1.54, 1.807) is 0 Å². The van der Waals surface area contributed by atoms with E-state index in [-0.39, 0.29) is 0 Å². The summed E-state index contributed by atoms with van der Waals surface area (Å²) in [6.45, 7) is 2.33. The average molecular weight is 208 g/mol. The summed E-state index contributed by atoms with van der Waals surface area (Å²) >= 11 is 0. The van der Waals surface area contributed by atoms with Crippen molar-refractivity contribution in [3.63, 3.8) is 0 Å². The van der Waals surface area contributed by atoms with Crippen LogP contribution >= 0.6 is 0 Å². The first-order valence-corrected chi connectivity index (χ1v) is 5.72. The van der Waals surface area contributed by atoms with E-state index in [0.29, 0.717) is 11.9 Å². The molecule has 0 amide bonds. The highest BCUT2D eigenvalue weighted by Crippen LogP contribution is 2.31. The van der Waals surface area contributed by atoms with Crippen molar-refractivity contribution in [3.05, 3.63) is 6.20 Å². The molecule has 0 spiro atoms. The number of nitrogens with two attached hydrogens (primary N) is 1. The molecule has 1 aliphatic rings. The maximum Gasteiger partial charge on any atom is 0.142 e. The van der Waals surface area contributed by atoms with Crippen molar-refractivity contribution in [1.82, 2.24) is 10.2 Å². The van der Waals surface area contributed by atoms with Gasteiger partial charge in [0.15, 0.2) is 0 Å². The van der Waals surface area contributed by atoms with Crippen LogP contribution in [0.3, 0.4) is 0 Å². The summed E-state index contributed by atoms with van der Waals surface area (Å²) in [5, 5.41) is 6.76. The normalized spacial score (nSPS) is 26.5. The summed E-state index contributed by atoms with van der Waals surface area (Å²) in [6.07, 6.45) is 7.11. The highest BCUT2D eigenvalue weighted by Gasteiger charge is 2.26. The number of rotatable bonds is 2. The van der Waals surface area contributed by atoms with E-state index in [1.165, 1.54) is 25.7 Å². The molecule has 1 aliphatic carbocycles. The summed E-state index contributed by atoms with van der Waals surface area (Å²) in [4.78, 5) is 2.28. The van der Waals surface area contributed by atoms with E-state index in [0.717, 1.165) is 11.6 Å². The summed E-state index contributed by atoms with van der Waals surface area (Å²) in [6, 6.07) is 0.610. The molecule has 2 rings (SSSR count). The lowest BCUT2D eigenvalue weighted by Gasteiger charge is -2.37.